The molecule has 3 nitrogen and oxygen atoms in total. The number of hydrogen-bond acceptors (Lipinski definition) is 3. The third-order valence-electron chi connectivity index (χ3n) is 1.31. The summed E-state index contributed by atoms with van der Waals surface area (Å²) < 4.78 is 4.52. The largest absolute Gasteiger partial charge is 0.468 e. The van der Waals surface area contributed by atoms with Crippen LogP contribution in [-0.4, -0.2) is 31.0 Å². The summed E-state index contributed by atoms with van der Waals surface area (Å²) in [5.74, 6) is -0.249. The van der Waals surface area contributed by atoms with Gasteiger partial charge in [0.2, 0.25) is 0 Å². The second-order valence-electron chi connectivity index (χ2n) is 2.27. The smallest absolute Gasteiger partial charge is 0.320 e. The summed E-state index contributed by atoms with van der Waals surface area (Å²) in [6.07, 6.45) is 2.73. The highest BCUT2D eigenvalue weighted by molar-refractivity contribution is 9.10. The molecule has 0 fully saturated rings. The number of nitrogens with one attached hydrogen (secondary N) is 1. The van der Waals surface area contributed by atoms with Crippen molar-refractivity contribution in [3.63, 3.8) is 0 Å². The second kappa shape index (κ2) is 7.31. The van der Waals surface area contributed by atoms with Crippen LogP contribution in [0.25, 0.3) is 0 Å². The molecule has 0 aromatic heterocycles. The Morgan fingerprint density at radius 2 is 2.50 bits per heavy atom. The Morgan fingerprint density at radius 3 is 3.00 bits per heavy atom. The molecule has 0 spiro atoms. The number of ether oxygens (including phenoxy) is 1. The Kier molecular flexibility index (Phi) is 7.09. The van der Waals surface area contributed by atoms with Crippen molar-refractivity contribution in [2.24, 2.45) is 0 Å². The van der Waals surface area contributed by atoms with Gasteiger partial charge in [0.25, 0.3) is 0 Å². The molecule has 1 atom stereocenters. The Labute approximate surface area is 81.3 Å². The Hall–Kier alpha value is -0.350. The van der Waals surface area contributed by atoms with E-state index in [1.165, 1.54) is 7.11 Å². The van der Waals surface area contributed by atoms with Crippen molar-refractivity contribution in [1.82, 2.24) is 5.32 Å². The molecule has 0 aliphatic rings. The van der Waals surface area contributed by atoms with Gasteiger partial charge in [-0.05, 0) is 13.0 Å². The molecule has 0 bridgehead atoms. The number of esters is 1. The first kappa shape index (κ1) is 11.6. The minimum Gasteiger partial charge on any atom is -0.468 e. The molecule has 1 unspecified atom stereocenters. The van der Waals surface area contributed by atoms with Gasteiger partial charge >= 0.3 is 5.97 Å². The van der Waals surface area contributed by atoms with E-state index < -0.39 is 0 Å². The predicted molar refractivity (Wildman–Crippen MR) is 52.4 cm³/mol. The summed E-state index contributed by atoms with van der Waals surface area (Å²) in [6.45, 7) is 5.01. The van der Waals surface area contributed by atoms with E-state index in [0.717, 1.165) is 13.0 Å². The van der Waals surface area contributed by atoms with Gasteiger partial charge in [-0.3, -0.25) is 4.79 Å². The van der Waals surface area contributed by atoms with E-state index in [-0.39, 0.29) is 10.8 Å². The predicted octanol–water partition coefficient (Wildman–Crippen LogP) is 1.09. The third-order valence-corrected chi connectivity index (χ3v) is 2.00. The molecule has 0 saturated heterocycles. The van der Waals surface area contributed by atoms with Crippen molar-refractivity contribution in [1.29, 1.82) is 0 Å². The van der Waals surface area contributed by atoms with E-state index >= 15 is 0 Å². The Bertz CT molecular complexity index is 150. The fourth-order valence-electron chi connectivity index (χ4n) is 0.644. The molecular weight excluding hydrogens is 222 g/mol. The van der Waals surface area contributed by atoms with Crippen LogP contribution in [0.4, 0.5) is 0 Å². The number of rotatable bonds is 6. The lowest BCUT2D eigenvalue weighted by molar-refractivity contribution is -0.139. The van der Waals surface area contributed by atoms with Gasteiger partial charge in [0.05, 0.1) is 7.11 Å². The van der Waals surface area contributed by atoms with E-state index in [2.05, 4.69) is 32.6 Å². The van der Waals surface area contributed by atoms with Crippen LogP contribution >= 0.6 is 15.9 Å². The summed E-state index contributed by atoms with van der Waals surface area (Å²) >= 11 is 3.19. The first-order valence-electron chi connectivity index (χ1n) is 3.76. The normalized spacial score (nSPS) is 12.2. The molecule has 0 aliphatic heterocycles. The highest BCUT2D eigenvalue weighted by Gasteiger charge is 2.13. The highest BCUT2D eigenvalue weighted by atomic mass is 79.9. The van der Waals surface area contributed by atoms with Crippen LogP contribution in [0.15, 0.2) is 12.7 Å². The molecule has 4 heteroatoms. The monoisotopic (exact) mass is 235 g/mol. The van der Waals surface area contributed by atoms with Crippen LogP contribution in [0.3, 0.4) is 0 Å². The number of carbonyl (C=O) groups is 1. The lowest BCUT2D eigenvalue weighted by Gasteiger charge is -2.07. The first-order chi connectivity index (χ1) is 5.72. The minimum absolute atomic E-state index is 0.249. The molecule has 12 heavy (non-hydrogen) atoms. The number of halogens is 1. The fraction of sp³-hybridized carbons (Fsp3) is 0.625. The van der Waals surface area contributed by atoms with Crippen molar-refractivity contribution in [3.8, 4) is 0 Å². The van der Waals surface area contributed by atoms with Crippen LogP contribution < -0.4 is 5.32 Å². The maximum Gasteiger partial charge on any atom is 0.320 e. The molecule has 0 saturated carbocycles. The van der Waals surface area contributed by atoms with E-state index in [0.29, 0.717) is 6.54 Å². The van der Waals surface area contributed by atoms with Gasteiger partial charge < -0.3 is 10.1 Å². The van der Waals surface area contributed by atoms with Crippen LogP contribution in [0.1, 0.15) is 6.42 Å². The van der Waals surface area contributed by atoms with E-state index in [1.807, 2.05) is 6.08 Å². The molecule has 1 N–H and O–H groups in total. The summed E-state index contributed by atoms with van der Waals surface area (Å²) in [6, 6.07) is 0. The van der Waals surface area contributed by atoms with E-state index in [9.17, 15) is 4.79 Å². The van der Waals surface area contributed by atoms with Gasteiger partial charge in [0.1, 0.15) is 4.83 Å². The molecular formula is C8H14BrNO2. The van der Waals surface area contributed by atoms with E-state index in [1.54, 1.807) is 0 Å². The molecule has 0 heterocycles. The summed E-state index contributed by atoms with van der Waals surface area (Å²) in [4.78, 5) is 10.6. The third kappa shape index (κ3) is 5.32. The Balaban J connectivity index is 3.36. The standard InChI is InChI=1S/C8H14BrNO2/c1-3-4-5-10-6-7(9)8(11)12-2/h3,7,10H,1,4-6H2,2H3. The minimum atomic E-state index is -0.257. The maximum atomic E-state index is 10.8. The molecule has 0 amide bonds. The number of hydrogen-bond donors (Lipinski definition) is 1. The molecule has 0 radical (unpaired) electrons. The SMILES string of the molecule is C=CCCNCC(Br)C(=O)OC. The van der Waals surface area contributed by atoms with Gasteiger partial charge in [0.15, 0.2) is 0 Å². The van der Waals surface area contributed by atoms with Crippen LogP contribution in [0, 0.1) is 0 Å². The molecule has 0 aliphatic carbocycles. The van der Waals surface area contributed by atoms with E-state index in [4.69, 9.17) is 0 Å². The first-order valence-corrected chi connectivity index (χ1v) is 4.67. The van der Waals surface area contributed by atoms with Gasteiger partial charge in [0, 0.05) is 6.54 Å². The summed E-state index contributed by atoms with van der Waals surface area (Å²) in [5, 5.41) is 3.08. The second-order valence-corrected chi connectivity index (χ2v) is 3.38. The maximum absolute atomic E-state index is 10.8. The van der Waals surface area contributed by atoms with Crippen LogP contribution in [0.5, 0.6) is 0 Å². The molecule has 0 aromatic carbocycles. The zero-order chi connectivity index (χ0) is 9.40. The van der Waals surface area contributed by atoms with Crippen molar-refractivity contribution in [2.75, 3.05) is 20.2 Å². The van der Waals surface area contributed by atoms with Crippen molar-refractivity contribution < 1.29 is 9.53 Å². The molecule has 0 rings (SSSR count). The van der Waals surface area contributed by atoms with Gasteiger partial charge in [-0.1, -0.05) is 22.0 Å². The van der Waals surface area contributed by atoms with Crippen molar-refractivity contribution >= 4 is 21.9 Å². The van der Waals surface area contributed by atoms with Crippen LogP contribution in [-0.2, 0) is 9.53 Å². The lowest BCUT2D eigenvalue weighted by Crippen LogP contribution is -2.30. The fourth-order valence-corrected chi connectivity index (χ4v) is 1.06. The highest BCUT2D eigenvalue weighted by Crippen LogP contribution is 1.99. The molecule has 0 aromatic rings. The lowest BCUT2D eigenvalue weighted by atomic mass is 10.4. The average molecular weight is 236 g/mol. The van der Waals surface area contributed by atoms with Crippen molar-refractivity contribution in [3.05, 3.63) is 12.7 Å². The Morgan fingerprint density at radius 1 is 1.83 bits per heavy atom. The summed E-state index contributed by atoms with van der Waals surface area (Å²) in [5.41, 5.74) is 0. The summed E-state index contributed by atoms with van der Waals surface area (Å²) in [7, 11) is 1.38. The zero-order valence-corrected chi connectivity index (χ0v) is 8.76. The number of methoxy groups -OCH3 is 1. The molecule has 70 valence electrons. The number of carbonyl (C=O) groups excluding carboxylic acids is 1. The van der Waals surface area contributed by atoms with Gasteiger partial charge in [-0.25, -0.2) is 0 Å². The van der Waals surface area contributed by atoms with Gasteiger partial charge in [-0.15, -0.1) is 6.58 Å². The zero-order valence-electron chi connectivity index (χ0n) is 7.18. The van der Waals surface area contributed by atoms with Crippen molar-refractivity contribution in [2.45, 2.75) is 11.2 Å². The average Bonchev–Trinajstić information content (AvgIpc) is 2.10. The topological polar surface area (TPSA) is 38.3 Å². The van der Waals surface area contributed by atoms with Crippen LogP contribution in [0.2, 0.25) is 0 Å². The van der Waals surface area contributed by atoms with Gasteiger partial charge in [-0.2, -0.15) is 0 Å². The quantitative estimate of drug-likeness (QED) is 0.324. The number of alkyl halides is 1.